The highest BCUT2D eigenvalue weighted by atomic mass is 32.2. The van der Waals surface area contributed by atoms with Crippen molar-refractivity contribution in [2.24, 2.45) is 0 Å². The molecule has 2 aromatic rings. The maximum atomic E-state index is 13.4. The summed E-state index contributed by atoms with van der Waals surface area (Å²) in [7, 11) is -2.86. The SMILES string of the molecule is COC(=O)[C@H](CNC(=O)c1sc(C2CCN(C3CCN(C(=O)OC(C)(C)C)CC3)CC2)nc1C(C)C)NS(=O)(=O)c1ccccc1. The van der Waals surface area contributed by atoms with Gasteiger partial charge in [-0.05, 0) is 77.6 Å². The van der Waals surface area contributed by atoms with Gasteiger partial charge in [-0.1, -0.05) is 32.0 Å². The zero-order valence-electron chi connectivity index (χ0n) is 27.6. The molecule has 46 heavy (non-hydrogen) atoms. The Morgan fingerprint density at radius 2 is 1.65 bits per heavy atom. The van der Waals surface area contributed by atoms with E-state index in [4.69, 9.17) is 14.5 Å². The zero-order chi connectivity index (χ0) is 33.6. The molecule has 2 amide bonds. The molecule has 14 heteroatoms. The first kappa shape index (κ1) is 35.8. The number of hydrogen-bond donors (Lipinski definition) is 2. The summed E-state index contributed by atoms with van der Waals surface area (Å²) in [5.41, 5.74) is 0.185. The van der Waals surface area contributed by atoms with Crippen molar-refractivity contribution in [1.82, 2.24) is 24.8 Å². The maximum Gasteiger partial charge on any atom is 0.410 e. The van der Waals surface area contributed by atoms with Gasteiger partial charge in [-0.2, -0.15) is 4.72 Å². The van der Waals surface area contributed by atoms with Crippen LogP contribution in [0, 0.1) is 0 Å². The van der Waals surface area contributed by atoms with Gasteiger partial charge in [0.2, 0.25) is 10.0 Å². The zero-order valence-corrected chi connectivity index (χ0v) is 29.2. The van der Waals surface area contributed by atoms with E-state index in [1.807, 2.05) is 34.6 Å². The number of carbonyl (C=O) groups excluding carboxylic acids is 3. The lowest BCUT2D eigenvalue weighted by Crippen LogP contribution is -2.49. The average Bonchev–Trinajstić information content (AvgIpc) is 3.48. The smallest absolute Gasteiger partial charge is 0.410 e. The topological polar surface area (TPSA) is 147 Å². The first-order valence-corrected chi connectivity index (χ1v) is 18.1. The molecule has 0 unspecified atom stereocenters. The van der Waals surface area contributed by atoms with Gasteiger partial charge in [0.05, 0.1) is 22.7 Å². The van der Waals surface area contributed by atoms with Crippen LogP contribution < -0.4 is 10.0 Å². The normalized spacial score (nSPS) is 17.9. The Labute approximate surface area is 276 Å². The van der Waals surface area contributed by atoms with Crippen molar-refractivity contribution in [3.63, 3.8) is 0 Å². The maximum absolute atomic E-state index is 13.4. The van der Waals surface area contributed by atoms with Crippen LogP contribution in [-0.2, 0) is 24.3 Å². The molecule has 0 aliphatic carbocycles. The van der Waals surface area contributed by atoms with E-state index in [1.165, 1.54) is 30.6 Å². The summed E-state index contributed by atoms with van der Waals surface area (Å²) in [6, 6.07) is 6.81. The summed E-state index contributed by atoms with van der Waals surface area (Å²) < 4.78 is 38.4. The van der Waals surface area contributed by atoms with Gasteiger partial charge in [0, 0.05) is 31.6 Å². The Morgan fingerprint density at radius 1 is 1.02 bits per heavy atom. The molecule has 0 spiro atoms. The van der Waals surface area contributed by atoms with E-state index in [9.17, 15) is 22.8 Å². The van der Waals surface area contributed by atoms with Crippen LogP contribution in [0.4, 0.5) is 4.79 Å². The number of piperidine rings is 2. The summed E-state index contributed by atoms with van der Waals surface area (Å²) in [5.74, 6) is -0.998. The number of nitrogens with one attached hydrogen (secondary N) is 2. The molecule has 2 aliphatic rings. The minimum atomic E-state index is -4.02. The molecule has 2 N–H and O–H groups in total. The van der Waals surface area contributed by atoms with Crippen molar-refractivity contribution < 1.29 is 32.3 Å². The van der Waals surface area contributed by atoms with Crippen LogP contribution in [0.3, 0.4) is 0 Å². The Kier molecular flexibility index (Phi) is 11.8. The molecule has 3 heterocycles. The van der Waals surface area contributed by atoms with Gasteiger partial charge in [0.1, 0.15) is 16.5 Å². The van der Waals surface area contributed by atoms with Crippen LogP contribution in [0.2, 0.25) is 0 Å². The van der Waals surface area contributed by atoms with Gasteiger partial charge in [0.15, 0.2) is 0 Å². The van der Waals surface area contributed by atoms with E-state index in [-0.39, 0.29) is 29.4 Å². The number of methoxy groups -OCH3 is 1. The highest BCUT2D eigenvalue weighted by Gasteiger charge is 2.34. The molecule has 0 saturated carbocycles. The largest absolute Gasteiger partial charge is 0.468 e. The van der Waals surface area contributed by atoms with E-state index in [0.717, 1.165) is 43.8 Å². The third-order valence-corrected chi connectivity index (χ3v) is 11.0. The molecular weight excluding hydrogens is 631 g/mol. The highest BCUT2D eigenvalue weighted by molar-refractivity contribution is 7.89. The van der Waals surface area contributed by atoms with Crippen LogP contribution in [0.25, 0.3) is 0 Å². The van der Waals surface area contributed by atoms with Gasteiger partial charge in [0.25, 0.3) is 5.91 Å². The number of sulfonamides is 1. The number of esters is 1. The number of ether oxygens (including phenoxy) is 2. The second-order valence-corrected chi connectivity index (χ2v) is 15.9. The fraction of sp³-hybridized carbons (Fsp3) is 0.625. The van der Waals surface area contributed by atoms with E-state index < -0.39 is 33.5 Å². The van der Waals surface area contributed by atoms with Crippen LogP contribution in [0.1, 0.15) is 92.5 Å². The molecule has 12 nitrogen and oxygen atoms in total. The predicted molar refractivity (Wildman–Crippen MR) is 175 cm³/mol. The number of nitrogens with zero attached hydrogens (tertiary/aromatic N) is 3. The average molecular weight is 678 g/mol. The lowest BCUT2D eigenvalue weighted by atomic mass is 9.94. The van der Waals surface area contributed by atoms with Crippen molar-refractivity contribution in [2.75, 3.05) is 39.8 Å². The van der Waals surface area contributed by atoms with Crippen molar-refractivity contribution in [1.29, 1.82) is 0 Å². The molecule has 0 bridgehead atoms. The third-order valence-electron chi connectivity index (χ3n) is 8.24. The summed E-state index contributed by atoms with van der Waals surface area (Å²) >= 11 is 1.37. The monoisotopic (exact) mass is 677 g/mol. The number of rotatable bonds is 10. The minimum Gasteiger partial charge on any atom is -0.468 e. The molecule has 254 valence electrons. The number of carbonyl (C=O) groups is 3. The number of thiazole rings is 1. The number of amides is 2. The summed E-state index contributed by atoms with van der Waals surface area (Å²) in [6.07, 6.45) is 3.42. The van der Waals surface area contributed by atoms with Crippen molar-refractivity contribution in [3.05, 3.63) is 45.9 Å². The highest BCUT2D eigenvalue weighted by Crippen LogP contribution is 2.36. The number of aromatic nitrogens is 1. The van der Waals surface area contributed by atoms with Gasteiger partial charge in [-0.15, -0.1) is 11.3 Å². The Balaban J connectivity index is 1.35. The van der Waals surface area contributed by atoms with Crippen LogP contribution in [-0.4, -0.2) is 98.7 Å². The van der Waals surface area contributed by atoms with Gasteiger partial charge < -0.3 is 24.6 Å². The molecule has 2 saturated heterocycles. The van der Waals surface area contributed by atoms with E-state index in [0.29, 0.717) is 29.7 Å². The molecule has 1 aromatic carbocycles. The van der Waals surface area contributed by atoms with Crippen molar-refractivity contribution in [2.45, 2.75) is 94.7 Å². The molecule has 2 fully saturated rings. The Morgan fingerprint density at radius 3 is 2.22 bits per heavy atom. The van der Waals surface area contributed by atoms with Crippen molar-refractivity contribution in [3.8, 4) is 0 Å². The van der Waals surface area contributed by atoms with E-state index in [1.54, 1.807) is 23.1 Å². The Bertz CT molecular complexity index is 1460. The molecular formula is C32H47N5O7S2. The van der Waals surface area contributed by atoms with E-state index >= 15 is 0 Å². The lowest BCUT2D eigenvalue weighted by Gasteiger charge is -2.41. The van der Waals surface area contributed by atoms with Crippen LogP contribution >= 0.6 is 11.3 Å². The number of hydrogen-bond acceptors (Lipinski definition) is 10. The quantitative estimate of drug-likeness (QED) is 0.355. The lowest BCUT2D eigenvalue weighted by molar-refractivity contribution is -0.142. The Hall–Kier alpha value is -3.07. The number of benzene rings is 1. The summed E-state index contributed by atoms with van der Waals surface area (Å²) in [5, 5.41) is 3.65. The third kappa shape index (κ3) is 9.26. The molecule has 1 atom stereocenters. The molecule has 4 rings (SSSR count). The van der Waals surface area contributed by atoms with Gasteiger partial charge in [-0.3, -0.25) is 9.59 Å². The van der Waals surface area contributed by atoms with Crippen molar-refractivity contribution >= 4 is 39.3 Å². The van der Waals surface area contributed by atoms with Gasteiger partial charge >= 0.3 is 12.1 Å². The fourth-order valence-electron chi connectivity index (χ4n) is 5.77. The second-order valence-electron chi connectivity index (χ2n) is 13.2. The number of likely N-dealkylation sites (tertiary alicyclic amines) is 2. The molecule has 1 aromatic heterocycles. The van der Waals surface area contributed by atoms with E-state index in [2.05, 4.69) is 14.9 Å². The summed E-state index contributed by atoms with van der Waals surface area (Å²) in [4.78, 5) is 48.0. The fourth-order valence-corrected chi connectivity index (χ4v) is 8.29. The predicted octanol–water partition coefficient (Wildman–Crippen LogP) is 4.10. The van der Waals surface area contributed by atoms with Crippen LogP contribution in [0.5, 0.6) is 0 Å². The molecule has 0 radical (unpaired) electrons. The standard InChI is InChI=1S/C32H47N5O7S2/c1-21(2)26-27(28(38)33-20-25(30(39)43-6)35-46(41,42)24-10-8-7-9-11-24)45-29(34-26)22-12-16-36(17-13-22)23-14-18-37(19-15-23)31(40)44-32(3,4)5/h7-11,21-23,25,35H,12-20H2,1-6H3,(H,33,38)/t25-/m0/s1. The first-order chi connectivity index (χ1) is 21.7. The van der Waals surface area contributed by atoms with Gasteiger partial charge in [-0.25, -0.2) is 18.2 Å². The minimum absolute atomic E-state index is 0.00160. The summed E-state index contributed by atoms with van der Waals surface area (Å²) in [6.45, 7) is 12.5. The van der Waals surface area contributed by atoms with Crippen LogP contribution in [0.15, 0.2) is 35.2 Å². The first-order valence-electron chi connectivity index (χ1n) is 15.8. The molecule has 2 aliphatic heterocycles. The second kappa shape index (κ2) is 15.2.